The van der Waals surface area contributed by atoms with Gasteiger partial charge in [-0.15, -0.1) is 0 Å². The lowest BCUT2D eigenvalue weighted by Crippen LogP contribution is -2.58. The minimum atomic E-state index is -1.66. The third kappa shape index (κ3) is 7.97. The van der Waals surface area contributed by atoms with E-state index in [0.29, 0.717) is 17.5 Å². The molecule has 2 fully saturated rings. The zero-order chi connectivity index (χ0) is 34.4. The summed E-state index contributed by atoms with van der Waals surface area (Å²) in [7, 11) is 0. The van der Waals surface area contributed by atoms with Crippen LogP contribution < -0.4 is 21.3 Å². The largest absolute Gasteiger partial charge is 0.481 e. The second kappa shape index (κ2) is 14.8. The maximum atomic E-state index is 14.1. The third-order valence-electron chi connectivity index (χ3n) is 8.49. The molecule has 0 spiro atoms. The number of benzene rings is 2. The van der Waals surface area contributed by atoms with Crippen LogP contribution in [0, 0.1) is 0 Å². The van der Waals surface area contributed by atoms with Crippen LogP contribution in [0.5, 0.6) is 0 Å². The van der Waals surface area contributed by atoms with E-state index in [1.165, 1.54) is 4.90 Å². The SMILES string of the molecule is O=C(O)C[C@@H]1NC(=O)[C@H](Cc2ccccc2)NC(=O)[C@H](CC(=O)O)NC(=O)[C@@H]2CCCN2C(=O)[C@H](Cc2c[nH]c3ccccc23)NC1=O. The lowest BCUT2D eigenvalue weighted by Gasteiger charge is -2.30. The predicted molar refractivity (Wildman–Crippen MR) is 169 cm³/mol. The summed E-state index contributed by atoms with van der Waals surface area (Å²) in [5, 5.41) is 30.0. The van der Waals surface area contributed by atoms with Gasteiger partial charge in [0.05, 0.1) is 12.8 Å². The molecule has 2 aromatic carbocycles. The van der Waals surface area contributed by atoms with E-state index in [9.17, 15) is 43.8 Å². The Hall–Kier alpha value is -5.73. The second-order valence-corrected chi connectivity index (χ2v) is 11.9. The molecule has 5 rings (SSSR count). The van der Waals surface area contributed by atoms with Gasteiger partial charge in [0.15, 0.2) is 0 Å². The van der Waals surface area contributed by atoms with E-state index < -0.39 is 84.5 Å². The molecule has 15 heteroatoms. The third-order valence-corrected chi connectivity index (χ3v) is 8.49. The number of para-hydroxylation sites is 1. The fourth-order valence-electron chi connectivity index (χ4n) is 6.14. The van der Waals surface area contributed by atoms with Crippen molar-refractivity contribution in [1.29, 1.82) is 0 Å². The molecule has 0 radical (unpaired) electrons. The summed E-state index contributed by atoms with van der Waals surface area (Å²) in [6.45, 7) is 0.140. The monoisotopic (exact) mass is 660 g/mol. The maximum absolute atomic E-state index is 14.1. The van der Waals surface area contributed by atoms with E-state index in [1.54, 1.807) is 36.5 Å². The van der Waals surface area contributed by atoms with Crippen LogP contribution in [-0.4, -0.2) is 98.3 Å². The number of aromatic nitrogens is 1. The minimum Gasteiger partial charge on any atom is -0.481 e. The summed E-state index contributed by atoms with van der Waals surface area (Å²) in [5.41, 5.74) is 2.05. The van der Waals surface area contributed by atoms with Gasteiger partial charge in [-0.05, 0) is 30.0 Å². The molecule has 5 atom stereocenters. The first-order valence-corrected chi connectivity index (χ1v) is 15.5. The Balaban J connectivity index is 1.54. The Labute approximate surface area is 274 Å². The van der Waals surface area contributed by atoms with E-state index in [4.69, 9.17) is 0 Å². The summed E-state index contributed by atoms with van der Waals surface area (Å²) >= 11 is 0. The molecule has 0 unspecified atom stereocenters. The highest BCUT2D eigenvalue weighted by atomic mass is 16.4. The van der Waals surface area contributed by atoms with Gasteiger partial charge in [-0.3, -0.25) is 33.6 Å². The van der Waals surface area contributed by atoms with Crippen molar-refractivity contribution in [2.24, 2.45) is 0 Å². The number of amides is 5. The Morgan fingerprint density at radius 3 is 1.92 bits per heavy atom. The highest BCUT2D eigenvalue weighted by Gasteiger charge is 2.41. The Morgan fingerprint density at radius 2 is 1.25 bits per heavy atom. The molecule has 252 valence electrons. The second-order valence-electron chi connectivity index (χ2n) is 11.9. The number of nitrogens with zero attached hydrogens (tertiary/aromatic N) is 1. The minimum absolute atomic E-state index is 0.0362. The van der Waals surface area contributed by atoms with Crippen LogP contribution >= 0.6 is 0 Å². The lowest BCUT2D eigenvalue weighted by molar-refractivity contribution is -0.144. The number of carbonyl (C=O) groups excluding carboxylic acids is 5. The van der Waals surface area contributed by atoms with Gasteiger partial charge in [0.1, 0.15) is 30.2 Å². The van der Waals surface area contributed by atoms with Crippen LogP contribution in [0.3, 0.4) is 0 Å². The number of hydrogen-bond donors (Lipinski definition) is 7. The number of hydrogen-bond acceptors (Lipinski definition) is 7. The fraction of sp³-hybridized carbons (Fsp3) is 0.364. The smallest absolute Gasteiger partial charge is 0.305 e. The number of carboxylic acids is 2. The lowest BCUT2D eigenvalue weighted by atomic mass is 10.0. The topological polar surface area (TPSA) is 227 Å². The van der Waals surface area contributed by atoms with E-state index in [0.717, 1.165) is 10.9 Å². The first-order chi connectivity index (χ1) is 23.0. The molecule has 48 heavy (non-hydrogen) atoms. The van der Waals surface area contributed by atoms with Gasteiger partial charge in [-0.25, -0.2) is 0 Å². The van der Waals surface area contributed by atoms with Crippen LogP contribution in [0.25, 0.3) is 10.9 Å². The number of aromatic amines is 1. The van der Waals surface area contributed by atoms with Crippen molar-refractivity contribution in [2.45, 2.75) is 68.7 Å². The van der Waals surface area contributed by atoms with Gasteiger partial charge in [0.2, 0.25) is 29.5 Å². The van der Waals surface area contributed by atoms with Crippen molar-refractivity contribution in [3.63, 3.8) is 0 Å². The highest BCUT2D eigenvalue weighted by molar-refractivity contribution is 6.00. The number of carbonyl (C=O) groups is 7. The van der Waals surface area contributed by atoms with Crippen LogP contribution in [0.15, 0.2) is 60.8 Å². The maximum Gasteiger partial charge on any atom is 0.305 e. The Bertz CT molecular complexity index is 1720. The molecule has 5 amide bonds. The number of aliphatic carboxylic acids is 2. The van der Waals surface area contributed by atoms with Crippen molar-refractivity contribution in [3.05, 3.63) is 71.9 Å². The highest BCUT2D eigenvalue weighted by Crippen LogP contribution is 2.23. The number of carboxylic acid groups (broad SMARTS) is 2. The molecule has 2 aliphatic rings. The van der Waals surface area contributed by atoms with Crippen LogP contribution in [-0.2, 0) is 46.4 Å². The first-order valence-electron chi connectivity index (χ1n) is 15.5. The van der Waals surface area contributed by atoms with Gasteiger partial charge in [0, 0.05) is 36.5 Å². The molecule has 0 bridgehead atoms. The summed E-state index contributed by atoms with van der Waals surface area (Å²) in [4.78, 5) is 96.6. The quantitative estimate of drug-likeness (QED) is 0.170. The zero-order valence-electron chi connectivity index (χ0n) is 25.8. The summed E-state index contributed by atoms with van der Waals surface area (Å²) in [5.74, 6) is -7.07. The fourth-order valence-corrected chi connectivity index (χ4v) is 6.14. The molecule has 15 nitrogen and oxygen atoms in total. The molecule has 2 aliphatic heterocycles. The van der Waals surface area contributed by atoms with E-state index in [1.807, 2.05) is 24.3 Å². The number of H-pyrrole nitrogens is 1. The van der Waals surface area contributed by atoms with Crippen LogP contribution in [0.2, 0.25) is 0 Å². The van der Waals surface area contributed by atoms with E-state index in [2.05, 4.69) is 26.3 Å². The van der Waals surface area contributed by atoms with Crippen molar-refractivity contribution in [1.82, 2.24) is 31.2 Å². The van der Waals surface area contributed by atoms with Crippen LogP contribution in [0.4, 0.5) is 0 Å². The Morgan fingerprint density at radius 1 is 0.688 bits per heavy atom. The molecule has 7 N–H and O–H groups in total. The summed E-state index contributed by atoms with van der Waals surface area (Å²) < 4.78 is 0. The number of nitrogens with one attached hydrogen (secondary N) is 5. The van der Waals surface area contributed by atoms with Crippen LogP contribution in [0.1, 0.15) is 36.8 Å². The Kier molecular flexibility index (Phi) is 10.4. The molecular weight excluding hydrogens is 624 g/mol. The molecular formula is C33H36N6O9. The molecule has 3 heterocycles. The molecule has 0 aliphatic carbocycles. The first kappa shape index (κ1) is 33.6. The van der Waals surface area contributed by atoms with Crippen molar-refractivity contribution in [3.8, 4) is 0 Å². The van der Waals surface area contributed by atoms with Gasteiger partial charge in [-0.2, -0.15) is 0 Å². The average Bonchev–Trinajstić information content (AvgIpc) is 3.71. The van der Waals surface area contributed by atoms with Gasteiger partial charge in [0.25, 0.3) is 0 Å². The van der Waals surface area contributed by atoms with E-state index >= 15 is 0 Å². The molecule has 0 saturated carbocycles. The number of fused-ring (bicyclic) bond motifs is 2. The zero-order valence-corrected chi connectivity index (χ0v) is 25.8. The summed E-state index contributed by atoms with van der Waals surface area (Å²) in [6.07, 6.45) is 0.521. The standard InChI is InChI=1S/C33H36N6O9/c40-27(41)15-23-31(46)38-25(14-19-17-34-21-10-5-4-9-20(19)21)33(48)39-12-6-11-26(39)32(47)37-24(16-28(42)43)30(45)35-22(29(44)36-23)13-18-7-2-1-3-8-18/h1-5,7-10,17,22-26,34H,6,11-16H2,(H,35,45)(H,36,44)(H,37,47)(H,38,46)(H,40,41)(H,42,43)/t22-,23-,24-,25-,26-/m0/s1. The molecule has 1 aromatic heterocycles. The molecule has 2 saturated heterocycles. The van der Waals surface area contributed by atoms with Gasteiger partial charge in [-0.1, -0.05) is 48.5 Å². The average molecular weight is 661 g/mol. The van der Waals surface area contributed by atoms with Crippen molar-refractivity contribution in [2.75, 3.05) is 6.54 Å². The van der Waals surface area contributed by atoms with Gasteiger partial charge < -0.3 is 41.4 Å². The predicted octanol–water partition coefficient (Wildman–Crippen LogP) is -0.154. The van der Waals surface area contributed by atoms with Crippen molar-refractivity contribution >= 4 is 52.4 Å². The summed E-state index contributed by atoms with van der Waals surface area (Å²) in [6, 6.07) is 8.80. The normalized spacial score (nSPS) is 24.0. The number of rotatable bonds is 8. The molecule has 3 aromatic rings. The van der Waals surface area contributed by atoms with Gasteiger partial charge >= 0.3 is 11.9 Å². The van der Waals surface area contributed by atoms with Crippen molar-refractivity contribution < 1.29 is 43.8 Å². The van der Waals surface area contributed by atoms with E-state index in [-0.39, 0.29) is 25.8 Å².